The van der Waals surface area contributed by atoms with Gasteiger partial charge in [0, 0.05) is 13.1 Å². The number of nitriles is 1. The molecule has 0 fully saturated rings. The van der Waals surface area contributed by atoms with E-state index in [0.717, 1.165) is 18.1 Å². The largest absolute Gasteiger partial charge is 0.354 e. The van der Waals surface area contributed by atoms with Gasteiger partial charge >= 0.3 is 0 Å². The van der Waals surface area contributed by atoms with Crippen LogP contribution in [-0.2, 0) is 0 Å². The van der Waals surface area contributed by atoms with E-state index < -0.39 is 0 Å². The molecule has 4 nitrogen and oxygen atoms in total. The summed E-state index contributed by atoms with van der Waals surface area (Å²) in [4.78, 5) is 2.06. The van der Waals surface area contributed by atoms with E-state index in [2.05, 4.69) is 21.2 Å². The Kier molecular flexibility index (Phi) is 4.04. The molecular weight excluding hydrogens is 188 g/mol. The Labute approximate surface area is 90.5 Å². The lowest BCUT2D eigenvalue weighted by Crippen LogP contribution is -2.28. The molecule has 0 aromatic carbocycles. The second-order valence-corrected chi connectivity index (χ2v) is 3.60. The van der Waals surface area contributed by atoms with Crippen molar-refractivity contribution in [3.63, 3.8) is 0 Å². The SMILES string of the molecule is CCN(CC(C)C#N)c1ccc(C)nn1. The minimum Gasteiger partial charge on any atom is -0.354 e. The molecule has 0 bridgehead atoms. The summed E-state index contributed by atoms with van der Waals surface area (Å²) in [7, 11) is 0. The minimum atomic E-state index is 0.00746. The molecule has 0 radical (unpaired) electrons. The van der Waals surface area contributed by atoms with Crippen LogP contribution in [0.5, 0.6) is 0 Å². The van der Waals surface area contributed by atoms with E-state index in [1.165, 1.54) is 0 Å². The van der Waals surface area contributed by atoms with E-state index in [9.17, 15) is 0 Å². The van der Waals surface area contributed by atoms with E-state index in [4.69, 9.17) is 5.26 Å². The van der Waals surface area contributed by atoms with Crippen LogP contribution in [-0.4, -0.2) is 23.3 Å². The summed E-state index contributed by atoms with van der Waals surface area (Å²) in [5, 5.41) is 16.9. The average molecular weight is 204 g/mol. The first-order valence-electron chi connectivity index (χ1n) is 5.12. The fourth-order valence-electron chi connectivity index (χ4n) is 1.32. The van der Waals surface area contributed by atoms with Crippen molar-refractivity contribution in [2.24, 2.45) is 5.92 Å². The molecule has 0 aliphatic carbocycles. The van der Waals surface area contributed by atoms with Crippen molar-refractivity contribution < 1.29 is 0 Å². The summed E-state index contributed by atoms with van der Waals surface area (Å²) >= 11 is 0. The van der Waals surface area contributed by atoms with Gasteiger partial charge in [-0.2, -0.15) is 10.4 Å². The van der Waals surface area contributed by atoms with Crippen molar-refractivity contribution in [1.82, 2.24) is 10.2 Å². The highest BCUT2D eigenvalue weighted by Gasteiger charge is 2.09. The highest BCUT2D eigenvalue weighted by atomic mass is 15.3. The molecule has 80 valence electrons. The van der Waals surface area contributed by atoms with Gasteiger partial charge in [-0.1, -0.05) is 0 Å². The Balaban J connectivity index is 2.75. The van der Waals surface area contributed by atoms with Crippen LogP contribution in [0.25, 0.3) is 0 Å². The molecule has 4 heteroatoms. The molecule has 1 aromatic heterocycles. The number of anilines is 1. The second-order valence-electron chi connectivity index (χ2n) is 3.60. The van der Waals surface area contributed by atoms with E-state index in [0.29, 0.717) is 6.54 Å². The number of hydrogen-bond donors (Lipinski definition) is 0. The third kappa shape index (κ3) is 3.21. The number of aryl methyl sites for hydroxylation is 1. The van der Waals surface area contributed by atoms with Gasteiger partial charge in [-0.05, 0) is 32.9 Å². The number of nitrogens with zero attached hydrogens (tertiary/aromatic N) is 4. The first-order valence-corrected chi connectivity index (χ1v) is 5.12. The van der Waals surface area contributed by atoms with Crippen molar-refractivity contribution in [1.29, 1.82) is 5.26 Å². The average Bonchev–Trinajstić information content (AvgIpc) is 2.27. The summed E-state index contributed by atoms with van der Waals surface area (Å²) in [6.07, 6.45) is 0. The van der Waals surface area contributed by atoms with Crippen molar-refractivity contribution in [2.75, 3.05) is 18.0 Å². The van der Waals surface area contributed by atoms with Crippen molar-refractivity contribution >= 4 is 5.82 Å². The first kappa shape index (κ1) is 11.4. The number of aromatic nitrogens is 2. The summed E-state index contributed by atoms with van der Waals surface area (Å²) in [6, 6.07) is 6.09. The molecule has 1 rings (SSSR count). The van der Waals surface area contributed by atoms with Crippen LogP contribution in [0.2, 0.25) is 0 Å². The number of rotatable bonds is 4. The predicted molar refractivity (Wildman–Crippen MR) is 59.4 cm³/mol. The van der Waals surface area contributed by atoms with Gasteiger partial charge in [0.25, 0.3) is 0 Å². The second kappa shape index (κ2) is 5.30. The van der Waals surface area contributed by atoms with Crippen LogP contribution in [0.3, 0.4) is 0 Å². The zero-order valence-corrected chi connectivity index (χ0v) is 9.44. The van der Waals surface area contributed by atoms with E-state index in [1.807, 2.05) is 32.9 Å². The molecule has 0 N–H and O–H groups in total. The highest BCUT2D eigenvalue weighted by molar-refractivity contribution is 5.37. The lowest BCUT2D eigenvalue weighted by molar-refractivity contribution is 0.674. The fourth-order valence-corrected chi connectivity index (χ4v) is 1.32. The molecular formula is C11H16N4. The summed E-state index contributed by atoms with van der Waals surface area (Å²) < 4.78 is 0. The molecule has 0 aliphatic rings. The maximum Gasteiger partial charge on any atom is 0.151 e. The van der Waals surface area contributed by atoms with Crippen LogP contribution >= 0.6 is 0 Å². The van der Waals surface area contributed by atoms with Crippen molar-refractivity contribution in [2.45, 2.75) is 20.8 Å². The maximum absolute atomic E-state index is 8.76. The van der Waals surface area contributed by atoms with Crippen LogP contribution in [0.1, 0.15) is 19.5 Å². The Morgan fingerprint density at radius 3 is 2.67 bits per heavy atom. The third-order valence-electron chi connectivity index (χ3n) is 2.20. The predicted octanol–water partition coefficient (Wildman–Crippen LogP) is 1.77. The van der Waals surface area contributed by atoms with Gasteiger partial charge in [0.05, 0.1) is 17.7 Å². The Hall–Kier alpha value is -1.63. The van der Waals surface area contributed by atoms with Gasteiger partial charge in [-0.25, -0.2) is 0 Å². The molecule has 0 saturated heterocycles. The zero-order valence-electron chi connectivity index (χ0n) is 9.44. The Morgan fingerprint density at radius 1 is 1.47 bits per heavy atom. The van der Waals surface area contributed by atoms with Crippen LogP contribution < -0.4 is 4.90 Å². The van der Waals surface area contributed by atoms with Crippen LogP contribution in [0, 0.1) is 24.2 Å². The highest BCUT2D eigenvalue weighted by Crippen LogP contribution is 2.11. The Morgan fingerprint density at radius 2 is 2.20 bits per heavy atom. The summed E-state index contributed by atoms with van der Waals surface area (Å²) in [6.45, 7) is 7.40. The van der Waals surface area contributed by atoms with Crippen molar-refractivity contribution in [3.05, 3.63) is 17.8 Å². The summed E-state index contributed by atoms with van der Waals surface area (Å²) in [5.41, 5.74) is 0.906. The van der Waals surface area contributed by atoms with Gasteiger partial charge in [-0.3, -0.25) is 0 Å². The quantitative estimate of drug-likeness (QED) is 0.750. The molecule has 15 heavy (non-hydrogen) atoms. The van der Waals surface area contributed by atoms with Crippen molar-refractivity contribution in [3.8, 4) is 6.07 Å². The molecule has 0 aliphatic heterocycles. The normalized spacial score (nSPS) is 11.9. The monoisotopic (exact) mass is 204 g/mol. The van der Waals surface area contributed by atoms with Gasteiger partial charge in [0.15, 0.2) is 5.82 Å². The van der Waals surface area contributed by atoms with Crippen LogP contribution in [0.15, 0.2) is 12.1 Å². The minimum absolute atomic E-state index is 0.00746. The number of hydrogen-bond acceptors (Lipinski definition) is 4. The molecule has 1 heterocycles. The Bertz CT molecular complexity index is 339. The fraction of sp³-hybridized carbons (Fsp3) is 0.545. The van der Waals surface area contributed by atoms with Gasteiger partial charge < -0.3 is 4.90 Å². The molecule has 1 atom stereocenters. The lowest BCUT2D eigenvalue weighted by Gasteiger charge is -2.22. The van der Waals surface area contributed by atoms with Gasteiger partial charge in [0.2, 0.25) is 0 Å². The molecule has 0 amide bonds. The van der Waals surface area contributed by atoms with Gasteiger partial charge in [0.1, 0.15) is 0 Å². The molecule has 0 spiro atoms. The molecule has 1 aromatic rings. The van der Waals surface area contributed by atoms with Gasteiger partial charge in [-0.15, -0.1) is 5.10 Å². The first-order chi connectivity index (χ1) is 7.17. The van der Waals surface area contributed by atoms with Crippen LogP contribution in [0.4, 0.5) is 5.82 Å². The standard InChI is InChI=1S/C11H16N4/c1-4-15(8-9(2)7-12)11-6-5-10(3)13-14-11/h5-6,9H,4,8H2,1-3H3. The topological polar surface area (TPSA) is 52.8 Å². The third-order valence-corrected chi connectivity index (χ3v) is 2.20. The lowest BCUT2D eigenvalue weighted by atomic mass is 10.2. The molecule has 1 unspecified atom stereocenters. The smallest absolute Gasteiger partial charge is 0.151 e. The van der Waals surface area contributed by atoms with E-state index in [1.54, 1.807) is 0 Å². The molecule has 0 saturated carbocycles. The zero-order chi connectivity index (χ0) is 11.3. The van der Waals surface area contributed by atoms with E-state index >= 15 is 0 Å². The van der Waals surface area contributed by atoms with E-state index in [-0.39, 0.29) is 5.92 Å². The maximum atomic E-state index is 8.76. The summed E-state index contributed by atoms with van der Waals surface area (Å²) in [5.74, 6) is 0.846.